The summed E-state index contributed by atoms with van der Waals surface area (Å²) in [6, 6.07) is 16.3. The summed E-state index contributed by atoms with van der Waals surface area (Å²) in [5, 5.41) is 3.76. The number of rotatable bonds is 6. The number of benzene rings is 2. The van der Waals surface area contributed by atoms with Gasteiger partial charge in [0.05, 0.1) is 4.90 Å². The zero-order valence-electron chi connectivity index (χ0n) is 14.5. The molecule has 1 aliphatic carbocycles. The molecule has 0 amide bonds. The molecule has 0 spiro atoms. The number of hydrogen-bond donors (Lipinski definition) is 1. The van der Waals surface area contributed by atoms with Crippen molar-refractivity contribution in [3.8, 4) is 0 Å². The smallest absolute Gasteiger partial charge is 0.175 e. The molecule has 0 heterocycles. The summed E-state index contributed by atoms with van der Waals surface area (Å²) < 4.78 is 23.2. The van der Waals surface area contributed by atoms with Crippen molar-refractivity contribution in [1.82, 2.24) is 5.32 Å². The third-order valence-electron chi connectivity index (χ3n) is 4.85. The minimum Gasteiger partial charge on any atom is -0.303 e. The van der Waals surface area contributed by atoms with Crippen LogP contribution in [0, 0.1) is 12.8 Å². The minimum atomic E-state index is -3.14. The highest BCUT2D eigenvalue weighted by Crippen LogP contribution is 2.43. The van der Waals surface area contributed by atoms with Crippen LogP contribution in [0.15, 0.2) is 53.4 Å². The molecular formula is C20H25NO2S. The summed E-state index contributed by atoms with van der Waals surface area (Å²) in [5.74, 6) is 0.698. The Morgan fingerprint density at radius 1 is 1.04 bits per heavy atom. The largest absolute Gasteiger partial charge is 0.303 e. The number of aryl methyl sites for hydroxylation is 1. The Morgan fingerprint density at radius 3 is 2.21 bits per heavy atom. The quantitative estimate of drug-likeness (QED) is 0.855. The first kappa shape index (κ1) is 17.2. The lowest BCUT2D eigenvalue weighted by molar-refractivity contribution is 0.426. The Balaban J connectivity index is 1.79. The Bertz CT molecular complexity index is 808. The van der Waals surface area contributed by atoms with Crippen molar-refractivity contribution in [2.24, 2.45) is 5.92 Å². The summed E-state index contributed by atoms with van der Waals surface area (Å²) in [6.45, 7) is 4.31. The van der Waals surface area contributed by atoms with E-state index in [4.69, 9.17) is 0 Å². The van der Waals surface area contributed by atoms with E-state index in [1.807, 2.05) is 12.1 Å². The molecule has 2 aromatic carbocycles. The van der Waals surface area contributed by atoms with Crippen molar-refractivity contribution < 1.29 is 8.42 Å². The molecule has 1 fully saturated rings. The average Bonchev–Trinajstić information content (AvgIpc) is 3.37. The standard InChI is InChI=1S/C20H25NO2S/c1-14-6-4-5-7-19(14)20(17-8-9-17)21-15(2)16-10-12-18(13-11-16)24(3,22)23/h4-7,10-13,15,17,20-21H,8-9H2,1-3H3. The van der Waals surface area contributed by atoms with Crippen molar-refractivity contribution in [1.29, 1.82) is 0 Å². The van der Waals surface area contributed by atoms with Gasteiger partial charge in [0.25, 0.3) is 0 Å². The van der Waals surface area contributed by atoms with Gasteiger partial charge in [0.15, 0.2) is 9.84 Å². The van der Waals surface area contributed by atoms with Crippen molar-refractivity contribution in [2.75, 3.05) is 6.26 Å². The molecule has 1 saturated carbocycles. The predicted octanol–water partition coefficient (Wildman–Crippen LogP) is 4.20. The molecule has 0 radical (unpaired) electrons. The topological polar surface area (TPSA) is 46.2 Å². The highest BCUT2D eigenvalue weighted by Gasteiger charge is 2.33. The van der Waals surface area contributed by atoms with E-state index in [1.54, 1.807) is 12.1 Å². The Kier molecular flexibility index (Phi) is 4.79. The van der Waals surface area contributed by atoms with Crippen LogP contribution in [0.4, 0.5) is 0 Å². The van der Waals surface area contributed by atoms with E-state index >= 15 is 0 Å². The van der Waals surface area contributed by atoms with Crippen molar-refractivity contribution in [2.45, 2.75) is 43.7 Å². The van der Waals surface area contributed by atoms with Crippen molar-refractivity contribution >= 4 is 9.84 Å². The molecule has 0 bridgehead atoms. The van der Waals surface area contributed by atoms with Crippen molar-refractivity contribution in [3.05, 3.63) is 65.2 Å². The molecule has 3 nitrogen and oxygen atoms in total. The monoisotopic (exact) mass is 343 g/mol. The second-order valence-electron chi connectivity index (χ2n) is 6.90. The van der Waals surface area contributed by atoms with Gasteiger partial charge in [-0.2, -0.15) is 0 Å². The fourth-order valence-corrected chi connectivity index (χ4v) is 3.84. The van der Waals surface area contributed by atoms with Gasteiger partial charge in [0.2, 0.25) is 0 Å². The fourth-order valence-electron chi connectivity index (χ4n) is 3.21. The Morgan fingerprint density at radius 2 is 1.67 bits per heavy atom. The average molecular weight is 343 g/mol. The van der Waals surface area contributed by atoms with Crippen LogP contribution in [0.3, 0.4) is 0 Å². The van der Waals surface area contributed by atoms with E-state index in [0.717, 1.165) is 5.56 Å². The van der Waals surface area contributed by atoms with Crippen LogP contribution in [0.5, 0.6) is 0 Å². The molecule has 0 saturated heterocycles. The van der Waals surface area contributed by atoms with Crippen LogP contribution in [-0.4, -0.2) is 14.7 Å². The van der Waals surface area contributed by atoms with E-state index in [1.165, 1.54) is 30.2 Å². The van der Waals surface area contributed by atoms with Crippen LogP contribution in [0.1, 0.15) is 48.5 Å². The van der Waals surface area contributed by atoms with Crippen LogP contribution in [0.25, 0.3) is 0 Å². The van der Waals surface area contributed by atoms with E-state index < -0.39 is 9.84 Å². The molecule has 1 N–H and O–H groups in total. The second-order valence-corrected chi connectivity index (χ2v) is 8.92. The summed E-state index contributed by atoms with van der Waals surface area (Å²) in [6.07, 6.45) is 3.78. The first-order chi connectivity index (χ1) is 11.4. The number of hydrogen-bond acceptors (Lipinski definition) is 3. The molecule has 24 heavy (non-hydrogen) atoms. The first-order valence-corrected chi connectivity index (χ1v) is 10.4. The molecule has 2 aromatic rings. The Hall–Kier alpha value is -1.65. The summed E-state index contributed by atoms with van der Waals surface area (Å²) in [7, 11) is -3.14. The van der Waals surface area contributed by atoms with Gasteiger partial charge < -0.3 is 5.32 Å². The van der Waals surface area contributed by atoms with Gasteiger partial charge in [-0.25, -0.2) is 8.42 Å². The van der Waals surface area contributed by atoms with Gasteiger partial charge in [0.1, 0.15) is 0 Å². The third-order valence-corrected chi connectivity index (χ3v) is 5.98. The van der Waals surface area contributed by atoms with E-state index in [9.17, 15) is 8.42 Å². The molecule has 128 valence electrons. The maximum absolute atomic E-state index is 11.6. The lowest BCUT2D eigenvalue weighted by Crippen LogP contribution is -2.26. The van der Waals surface area contributed by atoms with Gasteiger partial charge in [-0.15, -0.1) is 0 Å². The van der Waals surface area contributed by atoms with E-state index in [-0.39, 0.29) is 6.04 Å². The molecule has 2 atom stereocenters. The predicted molar refractivity (Wildman–Crippen MR) is 97.7 cm³/mol. The highest BCUT2D eigenvalue weighted by molar-refractivity contribution is 7.90. The highest BCUT2D eigenvalue weighted by atomic mass is 32.2. The van der Waals surface area contributed by atoms with Crippen LogP contribution in [0.2, 0.25) is 0 Å². The molecule has 4 heteroatoms. The van der Waals surface area contributed by atoms with Gasteiger partial charge in [0, 0.05) is 18.3 Å². The van der Waals surface area contributed by atoms with Crippen LogP contribution < -0.4 is 5.32 Å². The van der Waals surface area contributed by atoms with Gasteiger partial charge in [-0.05, 0) is 61.4 Å². The SMILES string of the molecule is Cc1ccccc1C(NC(C)c1ccc(S(C)(=O)=O)cc1)C1CC1. The van der Waals surface area contributed by atoms with E-state index in [0.29, 0.717) is 16.9 Å². The zero-order valence-corrected chi connectivity index (χ0v) is 15.3. The summed E-state index contributed by atoms with van der Waals surface area (Å²) in [5.41, 5.74) is 3.81. The van der Waals surface area contributed by atoms with Gasteiger partial charge in [-0.3, -0.25) is 0 Å². The molecule has 1 aliphatic rings. The van der Waals surface area contributed by atoms with Crippen LogP contribution in [-0.2, 0) is 9.84 Å². The van der Waals surface area contributed by atoms with Crippen molar-refractivity contribution in [3.63, 3.8) is 0 Å². The van der Waals surface area contributed by atoms with Gasteiger partial charge in [-0.1, -0.05) is 36.4 Å². The lowest BCUT2D eigenvalue weighted by Gasteiger charge is -2.25. The van der Waals surface area contributed by atoms with E-state index in [2.05, 4.69) is 43.4 Å². The van der Waals surface area contributed by atoms with Crippen LogP contribution >= 0.6 is 0 Å². The fraction of sp³-hybridized carbons (Fsp3) is 0.400. The minimum absolute atomic E-state index is 0.170. The zero-order chi connectivity index (χ0) is 17.3. The summed E-state index contributed by atoms with van der Waals surface area (Å²) in [4.78, 5) is 0.371. The maximum Gasteiger partial charge on any atom is 0.175 e. The maximum atomic E-state index is 11.6. The number of sulfone groups is 1. The number of nitrogens with one attached hydrogen (secondary N) is 1. The Labute approximate surface area is 145 Å². The lowest BCUT2D eigenvalue weighted by atomic mass is 9.96. The third kappa shape index (κ3) is 3.87. The molecule has 0 aromatic heterocycles. The van der Waals surface area contributed by atoms with Gasteiger partial charge >= 0.3 is 0 Å². The molecule has 2 unspecified atom stereocenters. The molecular weight excluding hydrogens is 318 g/mol. The molecule has 0 aliphatic heterocycles. The summed E-state index contributed by atoms with van der Waals surface area (Å²) >= 11 is 0. The molecule has 3 rings (SSSR count). The second kappa shape index (κ2) is 6.69. The first-order valence-electron chi connectivity index (χ1n) is 8.48. The normalized spacial score (nSPS) is 17.5.